The number of benzene rings is 1. The lowest BCUT2D eigenvalue weighted by Crippen LogP contribution is -2.03. The van der Waals surface area contributed by atoms with Crippen LogP contribution in [0.15, 0.2) is 18.2 Å². The van der Waals surface area contributed by atoms with Crippen LogP contribution < -0.4 is 5.32 Å². The molecule has 0 radical (unpaired) electrons. The summed E-state index contributed by atoms with van der Waals surface area (Å²) < 4.78 is 0. The summed E-state index contributed by atoms with van der Waals surface area (Å²) in [6, 6.07) is 6.40. The van der Waals surface area contributed by atoms with Crippen molar-refractivity contribution in [2.45, 2.75) is 26.7 Å². The SMILES string of the molecule is Cc1ccc(NCCCCO)c(C)c1. The molecule has 0 bridgehead atoms. The van der Waals surface area contributed by atoms with Crippen LogP contribution in [0.25, 0.3) is 0 Å². The Hall–Kier alpha value is -1.02. The molecule has 1 aromatic carbocycles. The molecule has 0 aliphatic rings. The molecular weight excluding hydrogens is 174 g/mol. The maximum atomic E-state index is 8.63. The largest absolute Gasteiger partial charge is 0.396 e. The second-order valence-corrected chi connectivity index (χ2v) is 3.68. The fourth-order valence-electron chi connectivity index (χ4n) is 1.47. The van der Waals surface area contributed by atoms with Gasteiger partial charge in [0.25, 0.3) is 0 Å². The van der Waals surface area contributed by atoms with Gasteiger partial charge in [-0.2, -0.15) is 0 Å². The van der Waals surface area contributed by atoms with Crippen LogP contribution in [0.2, 0.25) is 0 Å². The Kier molecular flexibility index (Phi) is 4.47. The molecular formula is C12H19NO. The predicted molar refractivity (Wildman–Crippen MR) is 60.7 cm³/mol. The van der Waals surface area contributed by atoms with Gasteiger partial charge in [0.15, 0.2) is 0 Å². The standard InChI is InChI=1S/C12H19NO/c1-10-5-6-12(11(2)9-10)13-7-3-4-8-14/h5-6,9,13-14H,3-4,7-8H2,1-2H3. The van der Waals surface area contributed by atoms with E-state index in [-0.39, 0.29) is 6.61 Å². The fraction of sp³-hybridized carbons (Fsp3) is 0.500. The first-order chi connectivity index (χ1) is 6.74. The predicted octanol–water partition coefficient (Wildman–Crippen LogP) is 2.49. The van der Waals surface area contributed by atoms with Gasteiger partial charge >= 0.3 is 0 Å². The van der Waals surface area contributed by atoms with E-state index in [9.17, 15) is 0 Å². The summed E-state index contributed by atoms with van der Waals surface area (Å²) >= 11 is 0. The molecule has 0 fully saturated rings. The molecule has 2 N–H and O–H groups in total. The smallest absolute Gasteiger partial charge is 0.0431 e. The summed E-state index contributed by atoms with van der Waals surface area (Å²) in [4.78, 5) is 0. The summed E-state index contributed by atoms with van der Waals surface area (Å²) in [5.74, 6) is 0. The molecule has 0 aliphatic carbocycles. The van der Waals surface area contributed by atoms with E-state index in [2.05, 4.69) is 37.4 Å². The van der Waals surface area contributed by atoms with Gasteiger partial charge < -0.3 is 10.4 Å². The van der Waals surface area contributed by atoms with Crippen molar-refractivity contribution in [3.05, 3.63) is 29.3 Å². The molecule has 0 saturated heterocycles. The Balaban J connectivity index is 2.42. The Morgan fingerprint density at radius 3 is 2.64 bits per heavy atom. The van der Waals surface area contributed by atoms with Crippen LogP contribution in [0.4, 0.5) is 5.69 Å². The number of hydrogen-bond donors (Lipinski definition) is 2. The maximum absolute atomic E-state index is 8.63. The number of rotatable bonds is 5. The lowest BCUT2D eigenvalue weighted by atomic mass is 10.1. The molecule has 0 unspecified atom stereocenters. The van der Waals surface area contributed by atoms with Crippen molar-refractivity contribution in [1.82, 2.24) is 0 Å². The highest BCUT2D eigenvalue weighted by molar-refractivity contribution is 5.51. The van der Waals surface area contributed by atoms with Crippen LogP contribution in [0.5, 0.6) is 0 Å². The van der Waals surface area contributed by atoms with Crippen molar-refractivity contribution in [1.29, 1.82) is 0 Å². The molecule has 0 aromatic heterocycles. The van der Waals surface area contributed by atoms with Gasteiger partial charge in [0, 0.05) is 18.8 Å². The highest BCUT2D eigenvalue weighted by atomic mass is 16.2. The van der Waals surface area contributed by atoms with Gasteiger partial charge in [-0.3, -0.25) is 0 Å². The number of aryl methyl sites for hydroxylation is 2. The first kappa shape index (κ1) is 11.1. The molecule has 78 valence electrons. The molecule has 0 atom stereocenters. The minimum absolute atomic E-state index is 0.286. The molecule has 0 amide bonds. The molecule has 1 aromatic rings. The molecule has 0 heterocycles. The number of nitrogens with one attached hydrogen (secondary N) is 1. The third-order valence-electron chi connectivity index (χ3n) is 2.28. The van der Waals surface area contributed by atoms with Crippen molar-refractivity contribution in [3.63, 3.8) is 0 Å². The zero-order chi connectivity index (χ0) is 10.4. The number of hydrogen-bond acceptors (Lipinski definition) is 2. The highest BCUT2D eigenvalue weighted by Crippen LogP contribution is 2.15. The van der Waals surface area contributed by atoms with Gasteiger partial charge in [-0.25, -0.2) is 0 Å². The van der Waals surface area contributed by atoms with Crippen molar-refractivity contribution in [3.8, 4) is 0 Å². The van der Waals surface area contributed by atoms with E-state index in [1.165, 1.54) is 16.8 Å². The third-order valence-corrected chi connectivity index (χ3v) is 2.28. The second kappa shape index (κ2) is 5.66. The Morgan fingerprint density at radius 1 is 1.21 bits per heavy atom. The van der Waals surface area contributed by atoms with Gasteiger partial charge in [0.1, 0.15) is 0 Å². The average molecular weight is 193 g/mol. The quantitative estimate of drug-likeness (QED) is 0.704. The topological polar surface area (TPSA) is 32.3 Å². The van der Waals surface area contributed by atoms with Crippen LogP contribution in [-0.4, -0.2) is 18.3 Å². The number of aliphatic hydroxyl groups is 1. The first-order valence-corrected chi connectivity index (χ1v) is 5.16. The lowest BCUT2D eigenvalue weighted by molar-refractivity contribution is 0.286. The minimum Gasteiger partial charge on any atom is -0.396 e. The zero-order valence-corrected chi connectivity index (χ0v) is 9.01. The van der Waals surface area contributed by atoms with E-state index < -0.39 is 0 Å². The van der Waals surface area contributed by atoms with E-state index in [4.69, 9.17) is 5.11 Å². The number of aliphatic hydroxyl groups excluding tert-OH is 1. The average Bonchev–Trinajstić information content (AvgIpc) is 2.15. The van der Waals surface area contributed by atoms with Crippen molar-refractivity contribution < 1.29 is 5.11 Å². The summed E-state index contributed by atoms with van der Waals surface area (Å²) in [7, 11) is 0. The first-order valence-electron chi connectivity index (χ1n) is 5.16. The van der Waals surface area contributed by atoms with Crippen molar-refractivity contribution >= 4 is 5.69 Å². The van der Waals surface area contributed by atoms with Gasteiger partial charge in [-0.1, -0.05) is 17.7 Å². The molecule has 0 spiro atoms. The maximum Gasteiger partial charge on any atom is 0.0431 e. The summed E-state index contributed by atoms with van der Waals surface area (Å²) in [5.41, 5.74) is 3.78. The van der Waals surface area contributed by atoms with E-state index in [1.807, 2.05) is 0 Å². The van der Waals surface area contributed by atoms with E-state index >= 15 is 0 Å². The Morgan fingerprint density at radius 2 is 2.00 bits per heavy atom. The van der Waals surface area contributed by atoms with Gasteiger partial charge in [0.05, 0.1) is 0 Å². The molecule has 0 saturated carbocycles. The normalized spacial score (nSPS) is 10.2. The zero-order valence-electron chi connectivity index (χ0n) is 9.01. The summed E-state index contributed by atoms with van der Waals surface area (Å²) in [6.07, 6.45) is 1.89. The molecule has 2 nitrogen and oxygen atoms in total. The van der Waals surface area contributed by atoms with Crippen LogP contribution in [0.3, 0.4) is 0 Å². The molecule has 0 aliphatic heterocycles. The Bertz CT molecular complexity index is 284. The van der Waals surface area contributed by atoms with Gasteiger partial charge in [-0.05, 0) is 38.3 Å². The van der Waals surface area contributed by atoms with Crippen molar-refractivity contribution in [2.75, 3.05) is 18.5 Å². The number of anilines is 1. The van der Waals surface area contributed by atoms with Crippen LogP contribution in [0, 0.1) is 13.8 Å². The van der Waals surface area contributed by atoms with E-state index in [0.29, 0.717) is 0 Å². The van der Waals surface area contributed by atoms with Crippen molar-refractivity contribution in [2.24, 2.45) is 0 Å². The Labute approximate surface area is 86.0 Å². The summed E-state index contributed by atoms with van der Waals surface area (Å²) in [6.45, 7) is 5.43. The second-order valence-electron chi connectivity index (χ2n) is 3.68. The fourth-order valence-corrected chi connectivity index (χ4v) is 1.47. The number of unbranched alkanes of at least 4 members (excludes halogenated alkanes) is 1. The minimum atomic E-state index is 0.286. The monoisotopic (exact) mass is 193 g/mol. The van der Waals surface area contributed by atoms with E-state index in [1.54, 1.807) is 0 Å². The van der Waals surface area contributed by atoms with E-state index in [0.717, 1.165) is 19.4 Å². The van der Waals surface area contributed by atoms with Gasteiger partial charge in [-0.15, -0.1) is 0 Å². The lowest BCUT2D eigenvalue weighted by Gasteiger charge is -2.09. The molecule has 14 heavy (non-hydrogen) atoms. The van der Waals surface area contributed by atoms with Crippen LogP contribution in [-0.2, 0) is 0 Å². The van der Waals surface area contributed by atoms with Crippen LogP contribution in [0.1, 0.15) is 24.0 Å². The third kappa shape index (κ3) is 3.38. The van der Waals surface area contributed by atoms with Gasteiger partial charge in [0.2, 0.25) is 0 Å². The van der Waals surface area contributed by atoms with Crippen LogP contribution >= 0.6 is 0 Å². The summed E-state index contributed by atoms with van der Waals surface area (Å²) in [5, 5.41) is 12.0. The highest BCUT2D eigenvalue weighted by Gasteiger charge is 1.96. The molecule has 1 rings (SSSR count). The molecule has 2 heteroatoms.